The second kappa shape index (κ2) is 3.11. The summed E-state index contributed by atoms with van der Waals surface area (Å²) in [7, 11) is 0. The fourth-order valence-electron chi connectivity index (χ4n) is 1.38. The Bertz CT molecular complexity index is 437. The molecule has 0 aliphatic carbocycles. The lowest BCUT2D eigenvalue weighted by Gasteiger charge is -2.02. The fourth-order valence-corrected chi connectivity index (χ4v) is 1.38. The van der Waals surface area contributed by atoms with Gasteiger partial charge in [-0.05, 0) is 25.1 Å². The van der Waals surface area contributed by atoms with Crippen molar-refractivity contribution >= 4 is 10.9 Å². The van der Waals surface area contributed by atoms with Crippen LogP contribution in [0.15, 0.2) is 24.4 Å². The molecule has 66 valence electrons. The lowest BCUT2D eigenvalue weighted by atomic mass is 10.2. The number of pyridine rings is 2. The number of nitrogens with two attached hydrogens (primary N) is 1. The van der Waals surface area contributed by atoms with Gasteiger partial charge in [0.05, 0.1) is 11.2 Å². The molecule has 3 nitrogen and oxygen atoms in total. The van der Waals surface area contributed by atoms with E-state index in [0.717, 1.165) is 22.3 Å². The van der Waals surface area contributed by atoms with Gasteiger partial charge in [0.25, 0.3) is 0 Å². The van der Waals surface area contributed by atoms with Gasteiger partial charge in [0.1, 0.15) is 0 Å². The molecule has 0 saturated heterocycles. The summed E-state index contributed by atoms with van der Waals surface area (Å²) in [6.45, 7) is 2.43. The van der Waals surface area contributed by atoms with Crippen LogP contribution >= 0.6 is 0 Å². The van der Waals surface area contributed by atoms with Crippen LogP contribution in [0.25, 0.3) is 10.9 Å². The number of hydrogen-bond donors (Lipinski definition) is 1. The normalized spacial score (nSPS) is 10.6. The molecule has 0 saturated carbocycles. The van der Waals surface area contributed by atoms with Gasteiger partial charge in [-0.3, -0.25) is 9.97 Å². The summed E-state index contributed by atoms with van der Waals surface area (Å²) in [6.07, 6.45) is 1.75. The topological polar surface area (TPSA) is 51.8 Å². The van der Waals surface area contributed by atoms with Gasteiger partial charge in [0.2, 0.25) is 0 Å². The summed E-state index contributed by atoms with van der Waals surface area (Å²) in [5.74, 6) is 0. The van der Waals surface area contributed by atoms with Crippen LogP contribution in [0.5, 0.6) is 0 Å². The average Bonchev–Trinajstić information content (AvgIpc) is 2.16. The smallest absolute Gasteiger partial charge is 0.0739 e. The Labute approximate surface area is 76.6 Å². The van der Waals surface area contributed by atoms with Gasteiger partial charge in [-0.2, -0.15) is 0 Å². The molecule has 0 spiro atoms. The molecule has 0 atom stereocenters. The first-order valence-corrected chi connectivity index (χ1v) is 4.22. The van der Waals surface area contributed by atoms with Gasteiger partial charge in [0.15, 0.2) is 0 Å². The molecule has 0 aromatic carbocycles. The predicted octanol–water partition coefficient (Wildman–Crippen LogP) is 1.40. The van der Waals surface area contributed by atoms with E-state index in [0.29, 0.717) is 6.54 Å². The molecule has 0 aliphatic rings. The molecule has 2 rings (SSSR count). The maximum Gasteiger partial charge on any atom is 0.0739 e. The van der Waals surface area contributed by atoms with E-state index in [4.69, 9.17) is 5.73 Å². The summed E-state index contributed by atoms with van der Waals surface area (Å²) in [4.78, 5) is 8.58. The minimum Gasteiger partial charge on any atom is -0.325 e. The number of fused-ring (bicyclic) bond motifs is 1. The Morgan fingerprint density at radius 1 is 1.31 bits per heavy atom. The van der Waals surface area contributed by atoms with E-state index >= 15 is 0 Å². The van der Waals surface area contributed by atoms with Gasteiger partial charge in [0, 0.05) is 23.8 Å². The lowest BCUT2D eigenvalue weighted by Crippen LogP contribution is -2.00. The summed E-state index contributed by atoms with van der Waals surface area (Å²) in [6, 6.07) is 5.90. The van der Waals surface area contributed by atoms with Crippen molar-refractivity contribution in [2.24, 2.45) is 5.73 Å². The van der Waals surface area contributed by atoms with Crippen molar-refractivity contribution in [3.8, 4) is 0 Å². The minimum absolute atomic E-state index is 0.460. The molecule has 0 unspecified atom stereocenters. The van der Waals surface area contributed by atoms with Gasteiger partial charge in [-0.15, -0.1) is 0 Å². The van der Waals surface area contributed by atoms with Crippen LogP contribution in [-0.2, 0) is 6.54 Å². The maximum atomic E-state index is 5.56. The van der Waals surface area contributed by atoms with E-state index in [9.17, 15) is 0 Å². The summed E-state index contributed by atoms with van der Waals surface area (Å²) < 4.78 is 0. The van der Waals surface area contributed by atoms with Crippen LogP contribution in [0.2, 0.25) is 0 Å². The molecule has 0 bridgehead atoms. The van der Waals surface area contributed by atoms with Crippen LogP contribution in [0, 0.1) is 6.92 Å². The van der Waals surface area contributed by atoms with E-state index < -0.39 is 0 Å². The van der Waals surface area contributed by atoms with Crippen molar-refractivity contribution in [3.63, 3.8) is 0 Å². The zero-order valence-corrected chi connectivity index (χ0v) is 7.49. The highest BCUT2D eigenvalue weighted by molar-refractivity contribution is 5.80. The molecule has 0 aliphatic heterocycles. The van der Waals surface area contributed by atoms with Crippen LogP contribution < -0.4 is 5.73 Å². The van der Waals surface area contributed by atoms with Crippen molar-refractivity contribution in [1.29, 1.82) is 0 Å². The number of hydrogen-bond acceptors (Lipinski definition) is 3. The average molecular weight is 173 g/mol. The van der Waals surface area contributed by atoms with Crippen LogP contribution in [0.3, 0.4) is 0 Å². The van der Waals surface area contributed by atoms with Gasteiger partial charge in [-0.1, -0.05) is 0 Å². The SMILES string of the molecule is Cc1ccc2c(CN)nccc2n1. The maximum absolute atomic E-state index is 5.56. The third-order valence-corrected chi connectivity index (χ3v) is 2.03. The lowest BCUT2D eigenvalue weighted by molar-refractivity contribution is 1.01. The van der Waals surface area contributed by atoms with E-state index in [1.54, 1.807) is 6.20 Å². The predicted molar refractivity (Wildman–Crippen MR) is 52.2 cm³/mol. The Hall–Kier alpha value is -1.48. The first-order valence-electron chi connectivity index (χ1n) is 4.22. The Kier molecular flexibility index (Phi) is 1.94. The molecule has 2 N–H and O–H groups in total. The summed E-state index contributed by atoms with van der Waals surface area (Å²) in [5, 5.41) is 1.05. The van der Waals surface area contributed by atoms with Crippen molar-refractivity contribution in [1.82, 2.24) is 9.97 Å². The minimum atomic E-state index is 0.460. The molecule has 13 heavy (non-hydrogen) atoms. The second-order valence-electron chi connectivity index (χ2n) is 2.98. The highest BCUT2D eigenvalue weighted by Crippen LogP contribution is 2.14. The third kappa shape index (κ3) is 1.38. The number of rotatable bonds is 1. The standard InChI is InChI=1S/C10H11N3/c1-7-2-3-8-9(13-7)4-5-12-10(8)6-11/h2-5H,6,11H2,1H3. The van der Waals surface area contributed by atoms with Crippen LogP contribution in [-0.4, -0.2) is 9.97 Å². The number of nitrogens with zero attached hydrogens (tertiary/aromatic N) is 2. The van der Waals surface area contributed by atoms with Gasteiger partial charge >= 0.3 is 0 Å². The van der Waals surface area contributed by atoms with Crippen molar-refractivity contribution in [2.75, 3.05) is 0 Å². The molecule has 0 radical (unpaired) electrons. The van der Waals surface area contributed by atoms with Gasteiger partial charge < -0.3 is 5.73 Å². The molecule has 3 heteroatoms. The Morgan fingerprint density at radius 2 is 2.15 bits per heavy atom. The monoisotopic (exact) mass is 173 g/mol. The van der Waals surface area contributed by atoms with Crippen molar-refractivity contribution in [3.05, 3.63) is 35.8 Å². The first kappa shape index (κ1) is 8.13. The molecule has 2 aromatic heterocycles. The molecule has 0 amide bonds. The van der Waals surface area contributed by atoms with E-state index in [1.165, 1.54) is 0 Å². The van der Waals surface area contributed by atoms with E-state index in [2.05, 4.69) is 9.97 Å². The zero-order valence-electron chi connectivity index (χ0n) is 7.49. The zero-order chi connectivity index (χ0) is 9.26. The number of aromatic nitrogens is 2. The summed E-state index contributed by atoms with van der Waals surface area (Å²) in [5.41, 5.74) is 8.45. The van der Waals surface area contributed by atoms with Crippen molar-refractivity contribution in [2.45, 2.75) is 13.5 Å². The van der Waals surface area contributed by atoms with E-state index in [1.807, 2.05) is 25.1 Å². The molecule has 0 fully saturated rings. The molecular formula is C10H11N3. The Morgan fingerprint density at radius 3 is 2.92 bits per heavy atom. The molecule has 2 heterocycles. The van der Waals surface area contributed by atoms with E-state index in [-0.39, 0.29) is 0 Å². The summed E-state index contributed by atoms with van der Waals surface area (Å²) >= 11 is 0. The quantitative estimate of drug-likeness (QED) is 0.709. The molecular weight excluding hydrogens is 162 g/mol. The second-order valence-corrected chi connectivity index (χ2v) is 2.98. The highest BCUT2D eigenvalue weighted by atomic mass is 14.8. The van der Waals surface area contributed by atoms with Crippen LogP contribution in [0.1, 0.15) is 11.4 Å². The Balaban J connectivity index is 2.77. The number of aryl methyl sites for hydroxylation is 1. The third-order valence-electron chi connectivity index (χ3n) is 2.03. The van der Waals surface area contributed by atoms with Crippen LogP contribution in [0.4, 0.5) is 0 Å². The van der Waals surface area contributed by atoms with Gasteiger partial charge in [-0.25, -0.2) is 0 Å². The highest BCUT2D eigenvalue weighted by Gasteiger charge is 2.00. The van der Waals surface area contributed by atoms with Crippen molar-refractivity contribution < 1.29 is 0 Å². The fraction of sp³-hybridized carbons (Fsp3) is 0.200. The largest absolute Gasteiger partial charge is 0.325 e. The molecule has 2 aromatic rings. The first-order chi connectivity index (χ1) is 6.31.